The lowest BCUT2D eigenvalue weighted by molar-refractivity contribution is 0.626. The molecule has 2 rings (SSSR count). The van der Waals surface area contributed by atoms with Gasteiger partial charge in [-0.2, -0.15) is 0 Å². The molecule has 1 aromatic carbocycles. The Morgan fingerprint density at radius 2 is 2.25 bits per heavy atom. The van der Waals surface area contributed by atoms with Gasteiger partial charge in [-0.05, 0) is 36.8 Å². The van der Waals surface area contributed by atoms with Gasteiger partial charge in [-0.15, -0.1) is 0 Å². The highest BCUT2D eigenvalue weighted by molar-refractivity contribution is 7.71. The van der Waals surface area contributed by atoms with Crippen molar-refractivity contribution in [2.45, 2.75) is 13.3 Å². The third kappa shape index (κ3) is 1.90. The molecule has 1 heterocycles. The predicted molar refractivity (Wildman–Crippen MR) is 65.3 cm³/mol. The molecule has 5 heteroatoms. The summed E-state index contributed by atoms with van der Waals surface area (Å²) in [7, 11) is 0. The number of imidazole rings is 1. The molecule has 0 atom stereocenters. The van der Waals surface area contributed by atoms with Gasteiger partial charge in [-0.1, -0.05) is 18.5 Å². The lowest BCUT2D eigenvalue weighted by Crippen LogP contribution is -2.00. The van der Waals surface area contributed by atoms with E-state index in [-0.39, 0.29) is 5.82 Å². The maximum absolute atomic E-state index is 13.2. The first kappa shape index (κ1) is 11.4. The van der Waals surface area contributed by atoms with Crippen LogP contribution in [-0.4, -0.2) is 9.55 Å². The predicted octanol–water partition coefficient (Wildman–Crippen LogP) is 3.89. The van der Waals surface area contributed by atoms with Gasteiger partial charge in [0.05, 0.1) is 10.7 Å². The molecule has 0 spiro atoms. The van der Waals surface area contributed by atoms with E-state index < -0.39 is 0 Å². The van der Waals surface area contributed by atoms with E-state index in [1.165, 1.54) is 18.2 Å². The number of halogens is 2. The molecule has 0 bridgehead atoms. The minimum absolute atomic E-state index is 0.329. The van der Waals surface area contributed by atoms with Crippen LogP contribution in [0.15, 0.2) is 24.4 Å². The lowest BCUT2D eigenvalue weighted by Gasteiger charge is -2.08. The molecule has 0 amide bonds. The minimum Gasteiger partial charge on any atom is -0.337 e. The molecule has 0 radical (unpaired) electrons. The number of nitrogens with zero attached hydrogens (tertiary/aromatic N) is 1. The fourth-order valence-electron chi connectivity index (χ4n) is 1.59. The van der Waals surface area contributed by atoms with Crippen LogP contribution in [0.25, 0.3) is 5.69 Å². The van der Waals surface area contributed by atoms with Crippen LogP contribution in [0, 0.1) is 10.6 Å². The van der Waals surface area contributed by atoms with Gasteiger partial charge in [0.2, 0.25) is 0 Å². The molecule has 2 aromatic rings. The summed E-state index contributed by atoms with van der Waals surface area (Å²) in [4.78, 5) is 2.93. The maximum atomic E-state index is 13.2. The van der Waals surface area contributed by atoms with E-state index in [0.29, 0.717) is 15.5 Å². The molecule has 0 aliphatic heterocycles. The number of aromatic amines is 1. The van der Waals surface area contributed by atoms with E-state index in [0.717, 1.165) is 12.1 Å². The molecular formula is C11H10ClFN2S. The summed E-state index contributed by atoms with van der Waals surface area (Å²) in [6, 6.07) is 4.24. The van der Waals surface area contributed by atoms with Crippen molar-refractivity contribution in [2.75, 3.05) is 0 Å². The van der Waals surface area contributed by atoms with Gasteiger partial charge >= 0.3 is 0 Å². The molecule has 0 saturated carbocycles. The van der Waals surface area contributed by atoms with Crippen LogP contribution < -0.4 is 0 Å². The molecule has 16 heavy (non-hydrogen) atoms. The molecule has 0 saturated heterocycles. The number of hydrogen-bond acceptors (Lipinski definition) is 1. The first-order valence-corrected chi connectivity index (χ1v) is 5.67. The largest absolute Gasteiger partial charge is 0.337 e. The van der Waals surface area contributed by atoms with Crippen LogP contribution in [0.5, 0.6) is 0 Å². The van der Waals surface area contributed by atoms with Gasteiger partial charge in [0.1, 0.15) is 5.82 Å². The Hall–Kier alpha value is -1.13. The quantitative estimate of drug-likeness (QED) is 0.809. The number of aryl methyl sites for hydroxylation is 1. The summed E-state index contributed by atoms with van der Waals surface area (Å²) in [5, 5.41) is 0.479. The number of nitrogens with one attached hydrogen (secondary N) is 1. The smallest absolute Gasteiger partial charge is 0.182 e. The third-order valence-electron chi connectivity index (χ3n) is 2.36. The number of rotatable bonds is 2. The summed E-state index contributed by atoms with van der Waals surface area (Å²) in [6.45, 7) is 2.00. The van der Waals surface area contributed by atoms with E-state index in [2.05, 4.69) is 4.98 Å². The Morgan fingerprint density at radius 1 is 1.50 bits per heavy atom. The Labute approximate surface area is 103 Å². The number of benzene rings is 1. The molecule has 1 aromatic heterocycles. The van der Waals surface area contributed by atoms with Gasteiger partial charge in [-0.25, -0.2) is 4.39 Å². The van der Waals surface area contributed by atoms with Gasteiger partial charge in [0.15, 0.2) is 4.77 Å². The van der Waals surface area contributed by atoms with Crippen LogP contribution in [0.4, 0.5) is 4.39 Å². The molecule has 0 aliphatic carbocycles. The van der Waals surface area contributed by atoms with E-state index in [9.17, 15) is 4.39 Å². The standard InChI is InChI=1S/C11H10ClFN2S/c1-2-8-6-14-11(16)15(8)10-5-7(13)3-4-9(10)12/h3-6H,2H2,1H3,(H,14,16). The number of aromatic nitrogens is 2. The van der Waals surface area contributed by atoms with Gasteiger partial charge < -0.3 is 4.98 Å². The molecule has 0 aliphatic rings. The normalized spacial score (nSPS) is 10.7. The minimum atomic E-state index is -0.329. The van der Waals surface area contributed by atoms with Crippen molar-refractivity contribution in [1.29, 1.82) is 0 Å². The highest BCUT2D eigenvalue weighted by atomic mass is 35.5. The van der Waals surface area contributed by atoms with Crippen molar-refractivity contribution < 1.29 is 4.39 Å². The summed E-state index contributed by atoms with van der Waals surface area (Å²) in [5.41, 5.74) is 1.54. The van der Waals surface area contributed by atoms with Crippen molar-refractivity contribution in [1.82, 2.24) is 9.55 Å². The van der Waals surface area contributed by atoms with E-state index in [1.54, 1.807) is 4.57 Å². The Kier molecular flexibility index (Phi) is 3.12. The number of hydrogen-bond donors (Lipinski definition) is 1. The first-order chi connectivity index (χ1) is 7.63. The van der Waals surface area contributed by atoms with E-state index in [4.69, 9.17) is 23.8 Å². The zero-order valence-electron chi connectivity index (χ0n) is 8.63. The third-order valence-corrected chi connectivity index (χ3v) is 2.98. The second-order valence-corrected chi connectivity index (χ2v) is 4.16. The fourth-order valence-corrected chi connectivity index (χ4v) is 2.06. The molecular weight excluding hydrogens is 247 g/mol. The summed E-state index contributed by atoms with van der Waals surface area (Å²) < 4.78 is 15.5. The van der Waals surface area contributed by atoms with Crippen molar-refractivity contribution in [2.24, 2.45) is 0 Å². The van der Waals surface area contributed by atoms with Gasteiger partial charge in [0.25, 0.3) is 0 Å². The van der Waals surface area contributed by atoms with Gasteiger partial charge in [0, 0.05) is 11.9 Å². The fraction of sp³-hybridized carbons (Fsp3) is 0.182. The highest BCUT2D eigenvalue weighted by Gasteiger charge is 2.09. The van der Waals surface area contributed by atoms with Crippen molar-refractivity contribution in [3.8, 4) is 5.69 Å². The average Bonchev–Trinajstić information content (AvgIpc) is 2.63. The number of H-pyrrole nitrogens is 1. The lowest BCUT2D eigenvalue weighted by atomic mass is 10.3. The SMILES string of the molecule is CCc1c[nH]c(=S)n1-c1cc(F)ccc1Cl. The van der Waals surface area contributed by atoms with Crippen LogP contribution in [0.3, 0.4) is 0 Å². The Morgan fingerprint density at radius 3 is 2.94 bits per heavy atom. The maximum Gasteiger partial charge on any atom is 0.182 e. The summed E-state index contributed by atoms with van der Waals surface area (Å²) in [6.07, 6.45) is 2.60. The topological polar surface area (TPSA) is 20.7 Å². The molecule has 0 unspecified atom stereocenters. The molecule has 2 nitrogen and oxygen atoms in total. The zero-order chi connectivity index (χ0) is 11.7. The zero-order valence-corrected chi connectivity index (χ0v) is 10.2. The van der Waals surface area contributed by atoms with Gasteiger partial charge in [-0.3, -0.25) is 4.57 Å². The summed E-state index contributed by atoms with van der Waals surface area (Å²) >= 11 is 11.2. The Bertz CT molecular complexity index is 574. The highest BCUT2D eigenvalue weighted by Crippen LogP contribution is 2.23. The van der Waals surface area contributed by atoms with E-state index in [1.807, 2.05) is 13.1 Å². The average molecular weight is 257 g/mol. The summed E-state index contributed by atoms with van der Waals surface area (Å²) in [5.74, 6) is -0.329. The van der Waals surface area contributed by atoms with Crippen molar-refractivity contribution in [3.05, 3.63) is 45.7 Å². The van der Waals surface area contributed by atoms with Crippen LogP contribution in [0.1, 0.15) is 12.6 Å². The van der Waals surface area contributed by atoms with Crippen LogP contribution in [-0.2, 0) is 6.42 Å². The molecule has 1 N–H and O–H groups in total. The first-order valence-electron chi connectivity index (χ1n) is 4.88. The van der Waals surface area contributed by atoms with Crippen LogP contribution in [0.2, 0.25) is 5.02 Å². The second-order valence-electron chi connectivity index (χ2n) is 3.37. The van der Waals surface area contributed by atoms with E-state index >= 15 is 0 Å². The molecule has 0 fully saturated rings. The van der Waals surface area contributed by atoms with Crippen molar-refractivity contribution >= 4 is 23.8 Å². The van der Waals surface area contributed by atoms with Crippen LogP contribution >= 0.6 is 23.8 Å². The second kappa shape index (κ2) is 4.39. The monoisotopic (exact) mass is 256 g/mol. The molecule has 84 valence electrons. The Balaban J connectivity index is 2.71. The van der Waals surface area contributed by atoms with Crippen molar-refractivity contribution in [3.63, 3.8) is 0 Å².